The van der Waals surface area contributed by atoms with Gasteiger partial charge in [-0.15, -0.1) is 0 Å². The SMILES string of the molecule is CS[C@H]1CCN(C[C@H](O)C2CCN(C(=O)OC(C)(C)C)CC2)C1. The maximum absolute atomic E-state index is 12.1. The second-order valence-electron chi connectivity index (χ2n) is 7.78. The number of ether oxygens (including phenoxy) is 1. The van der Waals surface area contributed by atoms with Crippen molar-refractivity contribution in [3.63, 3.8) is 0 Å². The van der Waals surface area contributed by atoms with Crippen molar-refractivity contribution in [2.45, 2.75) is 57.0 Å². The van der Waals surface area contributed by atoms with Crippen LogP contribution in [0.2, 0.25) is 0 Å². The first-order valence-electron chi connectivity index (χ1n) is 8.69. The minimum Gasteiger partial charge on any atom is -0.444 e. The molecule has 2 fully saturated rings. The summed E-state index contributed by atoms with van der Waals surface area (Å²) in [4.78, 5) is 16.2. The molecule has 5 nitrogen and oxygen atoms in total. The zero-order chi connectivity index (χ0) is 17.0. The molecule has 6 heteroatoms. The number of likely N-dealkylation sites (tertiary alicyclic amines) is 2. The van der Waals surface area contributed by atoms with Crippen LogP contribution in [0.25, 0.3) is 0 Å². The van der Waals surface area contributed by atoms with Crippen LogP contribution in [0.3, 0.4) is 0 Å². The standard InChI is InChI=1S/C17H32N2O3S/c1-17(2,3)22-16(21)19-9-5-13(6-10-19)15(20)12-18-8-7-14(11-18)23-4/h13-15,20H,5-12H2,1-4H3/t14-,15-/m0/s1. The highest BCUT2D eigenvalue weighted by atomic mass is 32.2. The van der Waals surface area contributed by atoms with Gasteiger partial charge in [-0.3, -0.25) is 4.90 Å². The van der Waals surface area contributed by atoms with Gasteiger partial charge < -0.3 is 14.7 Å². The first-order valence-corrected chi connectivity index (χ1v) is 9.98. The number of piperidine rings is 1. The molecule has 2 heterocycles. The molecule has 0 unspecified atom stereocenters. The Morgan fingerprint density at radius 2 is 1.91 bits per heavy atom. The van der Waals surface area contributed by atoms with E-state index in [-0.39, 0.29) is 12.2 Å². The lowest BCUT2D eigenvalue weighted by atomic mass is 9.91. The molecule has 1 amide bonds. The Kier molecular flexibility index (Phi) is 6.63. The van der Waals surface area contributed by atoms with Crippen LogP contribution >= 0.6 is 11.8 Å². The highest BCUT2D eigenvalue weighted by Gasteiger charge is 2.32. The van der Waals surface area contributed by atoms with Crippen molar-refractivity contribution in [3.05, 3.63) is 0 Å². The number of β-amino-alcohol motifs (C(OH)–C–C–N with tert-alkyl or cyclic N) is 1. The summed E-state index contributed by atoms with van der Waals surface area (Å²) >= 11 is 1.93. The van der Waals surface area contributed by atoms with Gasteiger partial charge in [-0.05, 0) is 58.8 Å². The lowest BCUT2D eigenvalue weighted by Gasteiger charge is -2.36. The van der Waals surface area contributed by atoms with Crippen molar-refractivity contribution in [1.29, 1.82) is 0 Å². The predicted molar refractivity (Wildman–Crippen MR) is 94.9 cm³/mol. The fourth-order valence-electron chi connectivity index (χ4n) is 3.36. The van der Waals surface area contributed by atoms with Gasteiger partial charge >= 0.3 is 6.09 Å². The van der Waals surface area contributed by atoms with Crippen LogP contribution in [0.15, 0.2) is 0 Å². The molecule has 2 aliphatic rings. The van der Waals surface area contributed by atoms with Crippen LogP contribution in [0, 0.1) is 5.92 Å². The number of nitrogens with zero attached hydrogens (tertiary/aromatic N) is 2. The van der Waals surface area contributed by atoms with E-state index in [0.29, 0.717) is 19.0 Å². The minimum atomic E-state index is -0.447. The first-order chi connectivity index (χ1) is 10.8. The van der Waals surface area contributed by atoms with Crippen LogP contribution in [-0.4, -0.2) is 76.9 Å². The number of carbonyl (C=O) groups is 1. The molecule has 0 aliphatic carbocycles. The molecule has 0 saturated carbocycles. The van der Waals surface area contributed by atoms with Crippen molar-refractivity contribution in [2.24, 2.45) is 5.92 Å². The molecule has 0 radical (unpaired) electrons. The molecule has 2 rings (SSSR count). The summed E-state index contributed by atoms with van der Waals surface area (Å²) in [6, 6.07) is 0. The number of rotatable bonds is 4. The zero-order valence-electron chi connectivity index (χ0n) is 15.0. The second-order valence-corrected chi connectivity index (χ2v) is 8.92. The Bertz CT molecular complexity index is 392. The third-order valence-electron chi connectivity index (χ3n) is 4.74. The molecule has 0 aromatic carbocycles. The minimum absolute atomic E-state index is 0.229. The van der Waals surface area contributed by atoms with E-state index in [9.17, 15) is 9.90 Å². The van der Waals surface area contributed by atoms with Crippen LogP contribution < -0.4 is 0 Å². The second kappa shape index (κ2) is 8.08. The molecule has 1 N–H and O–H groups in total. The van der Waals surface area contributed by atoms with E-state index in [1.165, 1.54) is 6.42 Å². The van der Waals surface area contributed by atoms with E-state index < -0.39 is 5.60 Å². The van der Waals surface area contributed by atoms with Crippen LogP contribution in [0.5, 0.6) is 0 Å². The lowest BCUT2D eigenvalue weighted by Crippen LogP contribution is -2.45. The highest BCUT2D eigenvalue weighted by molar-refractivity contribution is 7.99. The van der Waals surface area contributed by atoms with Crippen molar-refractivity contribution in [3.8, 4) is 0 Å². The van der Waals surface area contributed by atoms with Crippen molar-refractivity contribution in [1.82, 2.24) is 9.80 Å². The molecule has 0 bridgehead atoms. The van der Waals surface area contributed by atoms with Crippen molar-refractivity contribution >= 4 is 17.9 Å². The summed E-state index contributed by atoms with van der Waals surface area (Å²) in [5.74, 6) is 0.294. The number of thioether (sulfide) groups is 1. The molecule has 2 saturated heterocycles. The van der Waals surface area contributed by atoms with Gasteiger partial charge in [0.25, 0.3) is 0 Å². The van der Waals surface area contributed by atoms with Gasteiger partial charge in [0.05, 0.1) is 6.10 Å². The number of aliphatic hydroxyl groups excluding tert-OH is 1. The third-order valence-corrected chi connectivity index (χ3v) is 5.79. The van der Waals surface area contributed by atoms with E-state index in [1.807, 2.05) is 32.5 Å². The number of carbonyl (C=O) groups excluding carboxylic acids is 1. The Balaban J connectivity index is 1.72. The number of hydrogen-bond donors (Lipinski definition) is 1. The molecule has 0 spiro atoms. The average Bonchev–Trinajstić information content (AvgIpc) is 2.93. The Labute approximate surface area is 144 Å². The topological polar surface area (TPSA) is 53.0 Å². The fourth-order valence-corrected chi connectivity index (χ4v) is 4.06. The molecular formula is C17H32N2O3S. The van der Waals surface area contributed by atoms with Crippen LogP contribution in [0.4, 0.5) is 4.79 Å². The van der Waals surface area contributed by atoms with Crippen molar-refractivity contribution in [2.75, 3.05) is 39.0 Å². The van der Waals surface area contributed by atoms with Gasteiger partial charge in [-0.25, -0.2) is 4.79 Å². The molecule has 2 atom stereocenters. The maximum Gasteiger partial charge on any atom is 0.410 e. The molecule has 0 aromatic heterocycles. The molecule has 0 aromatic rings. The molecular weight excluding hydrogens is 312 g/mol. The first kappa shape index (κ1) is 18.9. The van der Waals surface area contributed by atoms with E-state index in [2.05, 4.69) is 11.2 Å². The van der Waals surface area contributed by atoms with E-state index in [0.717, 1.165) is 37.7 Å². The van der Waals surface area contributed by atoms with E-state index in [4.69, 9.17) is 4.74 Å². The highest BCUT2D eigenvalue weighted by Crippen LogP contribution is 2.25. The number of aliphatic hydroxyl groups is 1. The summed E-state index contributed by atoms with van der Waals surface area (Å²) in [5, 5.41) is 11.2. The predicted octanol–water partition coefficient (Wildman–Crippen LogP) is 2.43. The summed E-state index contributed by atoms with van der Waals surface area (Å²) in [6.45, 7) is 9.99. The van der Waals surface area contributed by atoms with Gasteiger partial charge in [0.1, 0.15) is 5.60 Å². The summed E-state index contributed by atoms with van der Waals surface area (Å²) < 4.78 is 5.42. The molecule has 134 valence electrons. The summed E-state index contributed by atoms with van der Waals surface area (Å²) in [6.07, 6.45) is 4.60. The number of hydrogen-bond acceptors (Lipinski definition) is 5. The monoisotopic (exact) mass is 344 g/mol. The van der Waals surface area contributed by atoms with Gasteiger partial charge in [0, 0.05) is 31.4 Å². The lowest BCUT2D eigenvalue weighted by molar-refractivity contribution is 0.00340. The Morgan fingerprint density at radius 3 is 2.43 bits per heavy atom. The Hall–Kier alpha value is -0.460. The van der Waals surface area contributed by atoms with Crippen molar-refractivity contribution < 1.29 is 14.6 Å². The van der Waals surface area contributed by atoms with E-state index in [1.54, 1.807) is 4.90 Å². The van der Waals surface area contributed by atoms with Gasteiger partial charge in [0.15, 0.2) is 0 Å². The van der Waals surface area contributed by atoms with E-state index >= 15 is 0 Å². The number of amides is 1. The van der Waals surface area contributed by atoms with Gasteiger partial charge in [-0.1, -0.05) is 0 Å². The van der Waals surface area contributed by atoms with Crippen LogP contribution in [0.1, 0.15) is 40.0 Å². The Morgan fingerprint density at radius 1 is 1.26 bits per heavy atom. The normalized spacial score (nSPS) is 25.6. The van der Waals surface area contributed by atoms with Gasteiger partial charge in [-0.2, -0.15) is 11.8 Å². The largest absolute Gasteiger partial charge is 0.444 e. The quantitative estimate of drug-likeness (QED) is 0.849. The maximum atomic E-state index is 12.1. The summed E-state index contributed by atoms with van der Waals surface area (Å²) in [5.41, 5.74) is -0.447. The molecule has 2 aliphatic heterocycles. The van der Waals surface area contributed by atoms with Gasteiger partial charge in [0.2, 0.25) is 0 Å². The average molecular weight is 345 g/mol. The fraction of sp³-hybridized carbons (Fsp3) is 0.941. The third kappa shape index (κ3) is 5.84. The smallest absolute Gasteiger partial charge is 0.410 e. The van der Waals surface area contributed by atoms with Crippen LogP contribution in [-0.2, 0) is 4.74 Å². The zero-order valence-corrected chi connectivity index (χ0v) is 15.8. The molecule has 23 heavy (non-hydrogen) atoms. The summed E-state index contributed by atoms with van der Waals surface area (Å²) in [7, 11) is 0.